The fourth-order valence-corrected chi connectivity index (χ4v) is 4.06. The third-order valence-corrected chi connectivity index (χ3v) is 5.59. The SMILES string of the molecule is CC(=O)N1CCN(C(C(=O)O)c2cn(CCC(=O)O)c3ccc(Br)cc23)CC1. The van der Waals surface area contributed by atoms with E-state index < -0.39 is 18.0 Å². The standard InChI is InChI=1S/C19H22BrN3O5/c1-12(24)21-6-8-22(9-7-21)18(19(27)28)15-11-23(5-4-17(25)26)16-3-2-13(20)10-14(15)16/h2-3,10-11,18H,4-9H2,1H3,(H,25,26)(H,27,28). The molecule has 2 heterocycles. The first-order valence-corrected chi connectivity index (χ1v) is 9.79. The summed E-state index contributed by atoms with van der Waals surface area (Å²) in [7, 11) is 0. The highest BCUT2D eigenvalue weighted by atomic mass is 79.9. The van der Waals surface area contributed by atoms with Crippen LogP contribution in [0.1, 0.15) is 24.9 Å². The zero-order chi connectivity index (χ0) is 20.4. The van der Waals surface area contributed by atoms with Gasteiger partial charge in [0.05, 0.1) is 6.42 Å². The van der Waals surface area contributed by atoms with Crippen molar-refractivity contribution in [2.75, 3.05) is 26.2 Å². The van der Waals surface area contributed by atoms with Crippen LogP contribution in [0.25, 0.3) is 10.9 Å². The number of aryl methyl sites for hydroxylation is 1. The summed E-state index contributed by atoms with van der Waals surface area (Å²) < 4.78 is 2.62. The third kappa shape index (κ3) is 4.20. The number of rotatable bonds is 6. The average molecular weight is 452 g/mol. The van der Waals surface area contributed by atoms with Gasteiger partial charge in [0.2, 0.25) is 5.91 Å². The third-order valence-electron chi connectivity index (χ3n) is 5.09. The van der Waals surface area contributed by atoms with Crippen molar-refractivity contribution >= 4 is 44.7 Å². The Morgan fingerprint density at radius 2 is 1.82 bits per heavy atom. The number of halogens is 1. The Hall–Kier alpha value is -2.39. The number of hydrogen-bond acceptors (Lipinski definition) is 4. The molecule has 150 valence electrons. The number of aromatic nitrogens is 1. The summed E-state index contributed by atoms with van der Waals surface area (Å²) in [6.07, 6.45) is 1.70. The van der Waals surface area contributed by atoms with Gasteiger partial charge < -0.3 is 19.7 Å². The van der Waals surface area contributed by atoms with E-state index >= 15 is 0 Å². The number of carbonyl (C=O) groups excluding carboxylic acids is 1. The predicted octanol–water partition coefficient (Wildman–Crippen LogP) is 2.17. The lowest BCUT2D eigenvalue weighted by molar-refractivity contribution is -0.145. The maximum atomic E-state index is 12.2. The molecule has 1 aromatic heterocycles. The van der Waals surface area contributed by atoms with Crippen LogP contribution in [0.2, 0.25) is 0 Å². The van der Waals surface area contributed by atoms with Crippen molar-refractivity contribution in [1.82, 2.24) is 14.4 Å². The van der Waals surface area contributed by atoms with Gasteiger partial charge in [-0.25, -0.2) is 0 Å². The van der Waals surface area contributed by atoms with Crippen molar-refractivity contribution in [2.45, 2.75) is 25.9 Å². The van der Waals surface area contributed by atoms with Crippen molar-refractivity contribution in [2.24, 2.45) is 0 Å². The minimum Gasteiger partial charge on any atom is -0.481 e. The molecule has 1 fully saturated rings. The van der Waals surface area contributed by atoms with Crippen LogP contribution >= 0.6 is 15.9 Å². The summed E-state index contributed by atoms with van der Waals surface area (Å²) in [6.45, 7) is 3.68. The normalized spacial score (nSPS) is 16.3. The van der Waals surface area contributed by atoms with E-state index in [4.69, 9.17) is 5.11 Å². The van der Waals surface area contributed by atoms with Gasteiger partial charge in [-0.2, -0.15) is 0 Å². The molecule has 1 saturated heterocycles. The van der Waals surface area contributed by atoms with E-state index in [1.807, 2.05) is 23.1 Å². The zero-order valence-corrected chi connectivity index (χ0v) is 17.1. The zero-order valence-electron chi connectivity index (χ0n) is 15.5. The number of nitrogens with zero attached hydrogens (tertiary/aromatic N) is 3. The van der Waals surface area contributed by atoms with Crippen LogP contribution in [-0.4, -0.2) is 68.6 Å². The topological polar surface area (TPSA) is 103 Å². The largest absolute Gasteiger partial charge is 0.481 e. The molecule has 9 heteroatoms. The van der Waals surface area contributed by atoms with Crippen LogP contribution in [0.4, 0.5) is 0 Å². The molecule has 1 aliphatic rings. The van der Waals surface area contributed by atoms with Gasteiger partial charge in [-0.1, -0.05) is 15.9 Å². The van der Waals surface area contributed by atoms with E-state index in [0.717, 1.165) is 15.4 Å². The lowest BCUT2D eigenvalue weighted by Crippen LogP contribution is -2.50. The van der Waals surface area contributed by atoms with Crippen molar-refractivity contribution in [3.05, 3.63) is 34.4 Å². The van der Waals surface area contributed by atoms with Crippen LogP contribution < -0.4 is 0 Å². The van der Waals surface area contributed by atoms with Crippen LogP contribution in [-0.2, 0) is 20.9 Å². The molecule has 2 N–H and O–H groups in total. The molecule has 0 aliphatic carbocycles. The van der Waals surface area contributed by atoms with Crippen LogP contribution in [0.3, 0.4) is 0 Å². The Bertz CT molecular complexity index is 918. The molecule has 1 amide bonds. The molecule has 0 spiro atoms. The number of hydrogen-bond donors (Lipinski definition) is 2. The maximum Gasteiger partial charge on any atom is 0.325 e. The highest BCUT2D eigenvalue weighted by Gasteiger charge is 2.33. The van der Waals surface area contributed by atoms with Gasteiger partial charge in [0.25, 0.3) is 0 Å². The number of benzene rings is 1. The molecular formula is C19H22BrN3O5. The van der Waals surface area contributed by atoms with E-state index in [-0.39, 0.29) is 18.9 Å². The van der Waals surface area contributed by atoms with Gasteiger partial charge in [-0.05, 0) is 18.2 Å². The van der Waals surface area contributed by atoms with Gasteiger partial charge in [0, 0.05) is 66.8 Å². The molecule has 1 aromatic carbocycles. The van der Waals surface area contributed by atoms with Gasteiger partial charge >= 0.3 is 11.9 Å². The first-order chi connectivity index (χ1) is 13.3. The molecule has 28 heavy (non-hydrogen) atoms. The van der Waals surface area contributed by atoms with E-state index in [9.17, 15) is 19.5 Å². The minimum atomic E-state index is -0.964. The summed E-state index contributed by atoms with van der Waals surface area (Å²) in [5.41, 5.74) is 1.43. The molecule has 3 rings (SSSR count). The second-order valence-corrected chi connectivity index (χ2v) is 7.78. The van der Waals surface area contributed by atoms with Gasteiger partial charge in [-0.3, -0.25) is 19.3 Å². The van der Waals surface area contributed by atoms with Crippen molar-refractivity contribution in [1.29, 1.82) is 0 Å². The van der Waals surface area contributed by atoms with Gasteiger partial charge in [0.15, 0.2) is 0 Å². The lowest BCUT2D eigenvalue weighted by atomic mass is 10.0. The fraction of sp³-hybridized carbons (Fsp3) is 0.421. The van der Waals surface area contributed by atoms with Crippen LogP contribution in [0, 0.1) is 0 Å². The summed E-state index contributed by atoms with van der Waals surface area (Å²) in [6, 6.07) is 4.71. The molecule has 2 aromatic rings. The minimum absolute atomic E-state index is 0.0132. The average Bonchev–Trinajstić information content (AvgIpc) is 2.98. The summed E-state index contributed by atoms with van der Waals surface area (Å²) >= 11 is 3.44. The number of carbonyl (C=O) groups is 3. The molecule has 0 saturated carbocycles. The highest BCUT2D eigenvalue weighted by Crippen LogP contribution is 2.33. The maximum absolute atomic E-state index is 12.2. The first kappa shape index (κ1) is 20.3. The summed E-state index contributed by atoms with van der Waals surface area (Å²) in [5, 5.41) is 19.8. The Labute approximate surface area is 170 Å². The Kier molecular flexibility index (Phi) is 6.04. The predicted molar refractivity (Wildman–Crippen MR) is 106 cm³/mol. The second kappa shape index (κ2) is 8.32. The molecule has 1 aliphatic heterocycles. The number of aliphatic carboxylic acids is 2. The molecule has 1 atom stereocenters. The fourth-order valence-electron chi connectivity index (χ4n) is 3.70. The highest BCUT2D eigenvalue weighted by molar-refractivity contribution is 9.10. The smallest absolute Gasteiger partial charge is 0.325 e. The van der Waals surface area contributed by atoms with Crippen LogP contribution in [0.15, 0.2) is 28.9 Å². The number of carboxylic acid groups (broad SMARTS) is 2. The first-order valence-electron chi connectivity index (χ1n) is 9.00. The van der Waals surface area contributed by atoms with Gasteiger partial charge in [0.1, 0.15) is 6.04 Å². The Balaban J connectivity index is 1.98. The van der Waals surface area contributed by atoms with E-state index in [1.54, 1.807) is 15.7 Å². The Morgan fingerprint density at radius 3 is 2.39 bits per heavy atom. The van der Waals surface area contributed by atoms with E-state index in [1.165, 1.54) is 6.92 Å². The number of carboxylic acids is 2. The lowest BCUT2D eigenvalue weighted by Gasteiger charge is -2.37. The monoisotopic (exact) mass is 451 g/mol. The number of amides is 1. The second-order valence-electron chi connectivity index (χ2n) is 6.87. The van der Waals surface area contributed by atoms with Crippen molar-refractivity contribution in [3.63, 3.8) is 0 Å². The summed E-state index contributed by atoms with van der Waals surface area (Å²) in [5.74, 6) is -1.88. The quantitative estimate of drug-likeness (QED) is 0.697. The van der Waals surface area contributed by atoms with Crippen molar-refractivity contribution in [3.8, 4) is 0 Å². The molecular weight excluding hydrogens is 430 g/mol. The molecule has 0 bridgehead atoms. The molecule has 8 nitrogen and oxygen atoms in total. The summed E-state index contributed by atoms with van der Waals surface area (Å²) in [4.78, 5) is 38.3. The van der Waals surface area contributed by atoms with E-state index in [0.29, 0.717) is 31.7 Å². The van der Waals surface area contributed by atoms with Crippen LogP contribution in [0.5, 0.6) is 0 Å². The Morgan fingerprint density at radius 1 is 1.14 bits per heavy atom. The van der Waals surface area contributed by atoms with Crippen molar-refractivity contribution < 1.29 is 24.6 Å². The van der Waals surface area contributed by atoms with Gasteiger partial charge in [-0.15, -0.1) is 0 Å². The van der Waals surface area contributed by atoms with E-state index in [2.05, 4.69) is 15.9 Å². The number of piperazine rings is 1. The number of fused-ring (bicyclic) bond motifs is 1. The molecule has 0 radical (unpaired) electrons. The molecule has 1 unspecified atom stereocenters.